The van der Waals surface area contributed by atoms with Crippen molar-refractivity contribution in [2.75, 3.05) is 6.61 Å². The minimum Gasteiger partial charge on any atom is -0.350 e. The third-order valence-corrected chi connectivity index (χ3v) is 10.1. The van der Waals surface area contributed by atoms with Crippen LogP contribution in [0.1, 0.15) is 91.4 Å². The summed E-state index contributed by atoms with van der Waals surface area (Å²) >= 11 is 0. The van der Waals surface area contributed by atoms with Crippen molar-refractivity contribution in [1.29, 1.82) is 0 Å². The van der Waals surface area contributed by atoms with Crippen LogP contribution in [0.4, 0.5) is 0 Å². The first-order valence-electron chi connectivity index (χ1n) is 12.9. The number of carbonyl (C=O) groups is 2. The fraction of sp³-hybridized carbons (Fsp3) is 0.852. The molecule has 0 aromatic heterocycles. The van der Waals surface area contributed by atoms with Gasteiger partial charge in [0, 0.05) is 25.9 Å². The van der Waals surface area contributed by atoms with Gasteiger partial charge < -0.3 is 14.3 Å². The monoisotopic (exact) mass is 428 g/mol. The van der Waals surface area contributed by atoms with Crippen LogP contribution in [0.5, 0.6) is 0 Å². The van der Waals surface area contributed by atoms with Crippen molar-refractivity contribution >= 4 is 12.1 Å². The van der Waals surface area contributed by atoms with Gasteiger partial charge in [-0.15, -0.1) is 0 Å². The lowest BCUT2D eigenvalue weighted by Crippen LogP contribution is -2.55. The van der Waals surface area contributed by atoms with E-state index >= 15 is 0 Å². The summed E-state index contributed by atoms with van der Waals surface area (Å²) in [4.78, 5) is 24.8. The Balaban J connectivity index is 1.42. The molecule has 0 radical (unpaired) electrons. The van der Waals surface area contributed by atoms with E-state index in [0.717, 1.165) is 50.5 Å². The van der Waals surface area contributed by atoms with E-state index in [9.17, 15) is 9.59 Å². The Hall–Kier alpha value is -1.00. The molecule has 0 bridgehead atoms. The fourth-order valence-electron chi connectivity index (χ4n) is 8.74. The molecule has 0 saturated heterocycles. The number of fused-ring (bicyclic) bond motifs is 5. The molecule has 0 N–H and O–H groups in total. The lowest BCUT2D eigenvalue weighted by molar-refractivity contribution is -0.273. The Kier molecular flexibility index (Phi) is 5.49. The lowest BCUT2D eigenvalue weighted by Gasteiger charge is -2.58. The molecule has 7 atom stereocenters. The third kappa shape index (κ3) is 3.22. The van der Waals surface area contributed by atoms with Crippen molar-refractivity contribution in [2.24, 2.45) is 34.5 Å². The Labute approximate surface area is 187 Å². The maximum Gasteiger partial charge on any atom is 0.168 e. The van der Waals surface area contributed by atoms with Gasteiger partial charge in [-0.25, -0.2) is 0 Å². The van der Waals surface area contributed by atoms with Gasteiger partial charge in [0.1, 0.15) is 6.29 Å². The summed E-state index contributed by atoms with van der Waals surface area (Å²) < 4.78 is 13.1. The van der Waals surface area contributed by atoms with Gasteiger partial charge in [-0.2, -0.15) is 0 Å². The SMILES string of the molecule is CCOC1(O[C@H]2CC[C@H]3[C@@H]4CC(C)C5=CC(=O)CC[C@]5(C=O)[C@H]4CC[C@]23C)CCCC1. The normalized spacial score (nSPS) is 46.1. The van der Waals surface area contributed by atoms with Crippen LogP contribution in [0.3, 0.4) is 0 Å². The van der Waals surface area contributed by atoms with Crippen LogP contribution in [0, 0.1) is 34.5 Å². The van der Waals surface area contributed by atoms with E-state index in [1.54, 1.807) is 0 Å². The van der Waals surface area contributed by atoms with Gasteiger partial charge in [-0.1, -0.05) is 19.4 Å². The molecule has 4 nitrogen and oxygen atoms in total. The number of hydrogen-bond acceptors (Lipinski definition) is 4. The molecule has 1 unspecified atom stereocenters. The van der Waals surface area contributed by atoms with Gasteiger partial charge in [0.2, 0.25) is 0 Å². The molecular formula is C27H40O4. The predicted octanol–water partition coefficient (Wildman–Crippen LogP) is 5.64. The highest BCUT2D eigenvalue weighted by Crippen LogP contribution is 2.66. The molecule has 0 spiro atoms. The molecular weight excluding hydrogens is 388 g/mol. The number of allylic oxidation sites excluding steroid dienone is 1. The Morgan fingerprint density at radius 1 is 1.10 bits per heavy atom. The highest BCUT2D eigenvalue weighted by Gasteiger charge is 2.62. The molecule has 5 aliphatic carbocycles. The van der Waals surface area contributed by atoms with Gasteiger partial charge in [-0.3, -0.25) is 4.79 Å². The van der Waals surface area contributed by atoms with E-state index in [4.69, 9.17) is 9.47 Å². The van der Waals surface area contributed by atoms with Crippen molar-refractivity contribution in [1.82, 2.24) is 0 Å². The summed E-state index contributed by atoms with van der Waals surface area (Å²) in [6, 6.07) is 0. The van der Waals surface area contributed by atoms with E-state index in [-0.39, 0.29) is 23.1 Å². The third-order valence-electron chi connectivity index (χ3n) is 10.1. The first-order chi connectivity index (χ1) is 14.9. The van der Waals surface area contributed by atoms with Gasteiger partial charge >= 0.3 is 0 Å². The van der Waals surface area contributed by atoms with Gasteiger partial charge in [-0.05, 0) is 93.5 Å². The Morgan fingerprint density at radius 3 is 2.58 bits per heavy atom. The second-order valence-electron chi connectivity index (χ2n) is 11.5. The van der Waals surface area contributed by atoms with Crippen LogP contribution < -0.4 is 0 Å². The molecule has 31 heavy (non-hydrogen) atoms. The van der Waals surface area contributed by atoms with Gasteiger partial charge in [0.15, 0.2) is 11.6 Å². The quantitative estimate of drug-likeness (QED) is 0.420. The summed E-state index contributed by atoms with van der Waals surface area (Å²) in [5, 5.41) is 0. The van der Waals surface area contributed by atoms with Crippen molar-refractivity contribution in [2.45, 2.75) is 103 Å². The minimum atomic E-state index is -0.394. The highest BCUT2D eigenvalue weighted by atomic mass is 16.7. The van der Waals surface area contributed by atoms with Crippen molar-refractivity contribution in [3.8, 4) is 0 Å². The number of hydrogen-bond donors (Lipinski definition) is 0. The summed E-state index contributed by atoms with van der Waals surface area (Å²) in [5.41, 5.74) is 0.924. The topological polar surface area (TPSA) is 52.6 Å². The van der Waals surface area contributed by atoms with E-state index in [1.807, 2.05) is 6.08 Å². The molecule has 0 heterocycles. The molecule has 5 rings (SSSR count). The van der Waals surface area contributed by atoms with Crippen LogP contribution in [-0.4, -0.2) is 30.6 Å². The van der Waals surface area contributed by atoms with Gasteiger partial charge in [0.05, 0.1) is 11.5 Å². The summed E-state index contributed by atoms with van der Waals surface area (Å²) in [6.45, 7) is 7.51. The Morgan fingerprint density at radius 2 is 1.87 bits per heavy atom. The van der Waals surface area contributed by atoms with Gasteiger partial charge in [0.25, 0.3) is 0 Å². The summed E-state index contributed by atoms with van der Waals surface area (Å²) in [5.74, 6) is 1.73. The first-order valence-corrected chi connectivity index (χ1v) is 12.9. The zero-order valence-corrected chi connectivity index (χ0v) is 19.7. The van der Waals surface area contributed by atoms with E-state index in [0.29, 0.717) is 36.7 Å². The molecule has 172 valence electrons. The largest absolute Gasteiger partial charge is 0.350 e. The molecule has 5 aliphatic rings. The molecule has 0 aromatic rings. The summed E-state index contributed by atoms with van der Waals surface area (Å²) in [6.07, 6.45) is 14.7. The summed E-state index contributed by atoms with van der Waals surface area (Å²) in [7, 11) is 0. The van der Waals surface area contributed by atoms with Crippen molar-refractivity contribution < 1.29 is 19.1 Å². The van der Waals surface area contributed by atoms with E-state index < -0.39 is 5.41 Å². The van der Waals surface area contributed by atoms with Crippen molar-refractivity contribution in [3.63, 3.8) is 0 Å². The molecule has 0 amide bonds. The number of carbonyl (C=O) groups excluding carboxylic acids is 2. The molecule has 4 fully saturated rings. The van der Waals surface area contributed by atoms with Crippen LogP contribution >= 0.6 is 0 Å². The van der Waals surface area contributed by atoms with Crippen LogP contribution in [0.15, 0.2) is 11.6 Å². The number of rotatable bonds is 5. The zero-order valence-electron chi connectivity index (χ0n) is 19.7. The number of aldehydes is 1. The smallest absolute Gasteiger partial charge is 0.168 e. The predicted molar refractivity (Wildman–Crippen MR) is 119 cm³/mol. The molecule has 0 aromatic carbocycles. The standard InChI is InChI=1S/C27H40O4/c1-4-30-27(11-5-6-12-27)31-24-8-7-21-20-15-18(2)23-16-19(29)9-14-26(23,17-28)22(20)10-13-25(21,24)3/h16-18,20-22,24H,4-15H2,1-3H3/t18?,20-,21-,22-,24-,25-,26-/m0/s1. The van der Waals surface area contributed by atoms with Crippen LogP contribution in [0.25, 0.3) is 0 Å². The van der Waals surface area contributed by atoms with Crippen LogP contribution in [-0.2, 0) is 19.1 Å². The lowest BCUT2D eigenvalue weighted by atomic mass is 9.45. The maximum atomic E-state index is 12.6. The second kappa shape index (κ2) is 7.80. The Bertz CT molecular complexity index is 765. The minimum absolute atomic E-state index is 0.170. The molecule has 4 heteroatoms. The zero-order chi connectivity index (χ0) is 21.9. The average molecular weight is 429 g/mol. The van der Waals surface area contributed by atoms with E-state index in [1.165, 1.54) is 25.5 Å². The number of ether oxygens (including phenoxy) is 2. The average Bonchev–Trinajstić information content (AvgIpc) is 3.34. The number of ketones is 1. The fourth-order valence-corrected chi connectivity index (χ4v) is 8.74. The first kappa shape index (κ1) is 21.8. The molecule has 0 aliphatic heterocycles. The molecule has 4 saturated carbocycles. The highest BCUT2D eigenvalue weighted by molar-refractivity contribution is 5.93. The second-order valence-corrected chi connectivity index (χ2v) is 11.5. The van der Waals surface area contributed by atoms with Crippen molar-refractivity contribution in [3.05, 3.63) is 11.6 Å². The van der Waals surface area contributed by atoms with Crippen LogP contribution in [0.2, 0.25) is 0 Å². The maximum absolute atomic E-state index is 12.6. The van der Waals surface area contributed by atoms with E-state index in [2.05, 4.69) is 20.8 Å².